The van der Waals surface area contributed by atoms with Crippen molar-refractivity contribution in [1.29, 1.82) is 0 Å². The molecule has 27 heavy (non-hydrogen) atoms. The lowest BCUT2D eigenvalue weighted by molar-refractivity contribution is -0.105. The summed E-state index contributed by atoms with van der Waals surface area (Å²) in [5.74, 6) is -2.11. The molecule has 0 bridgehead atoms. The summed E-state index contributed by atoms with van der Waals surface area (Å²) in [6.45, 7) is -0.00925. The molecule has 2 rings (SSSR count). The molecule has 9 nitrogen and oxygen atoms in total. The summed E-state index contributed by atoms with van der Waals surface area (Å²) in [5.41, 5.74) is -0.00379. The van der Waals surface area contributed by atoms with Gasteiger partial charge in [0.1, 0.15) is 17.2 Å². The van der Waals surface area contributed by atoms with Gasteiger partial charge in [-0.05, 0) is 12.5 Å². The number of anilines is 1. The maximum Gasteiger partial charge on any atom is 0.255 e. The van der Waals surface area contributed by atoms with Crippen molar-refractivity contribution in [3.63, 3.8) is 0 Å². The number of hydrogen-bond acceptors (Lipinski definition) is 7. The third-order valence-corrected chi connectivity index (χ3v) is 4.02. The number of phenolic OH excluding ortho intramolecular Hbond substituents is 4. The molecule has 6 N–H and O–H groups in total. The molecule has 0 aliphatic rings. The van der Waals surface area contributed by atoms with Gasteiger partial charge in [0.05, 0.1) is 23.4 Å². The predicted molar refractivity (Wildman–Crippen MR) is 96.8 cm³/mol. The van der Waals surface area contributed by atoms with Crippen LogP contribution < -0.4 is 15.4 Å². The SMILES string of the molecule is COc1c(O)cc(NC=O)c(O)c1CCNC(=O)c1cc(Cl)c(O)cc1O. The van der Waals surface area contributed by atoms with Gasteiger partial charge < -0.3 is 35.8 Å². The topological polar surface area (TPSA) is 148 Å². The highest BCUT2D eigenvalue weighted by Gasteiger charge is 2.19. The highest BCUT2D eigenvalue weighted by molar-refractivity contribution is 6.32. The van der Waals surface area contributed by atoms with Crippen LogP contribution in [0.1, 0.15) is 15.9 Å². The highest BCUT2D eigenvalue weighted by Crippen LogP contribution is 2.42. The van der Waals surface area contributed by atoms with E-state index in [1.807, 2.05) is 0 Å². The standard InChI is InChI=1S/C17H17ClN2O7/c1-27-16-8(15(25)11(20-7-21)5-14(16)24)2-3-19-17(26)9-4-10(18)13(23)6-12(9)22/h4-7,22-25H,2-3H2,1H3,(H,19,26)(H,20,21). The molecule has 0 aliphatic heterocycles. The van der Waals surface area contributed by atoms with Gasteiger partial charge in [0.2, 0.25) is 6.41 Å². The fourth-order valence-electron chi connectivity index (χ4n) is 2.46. The minimum Gasteiger partial charge on any atom is -0.507 e. The van der Waals surface area contributed by atoms with E-state index >= 15 is 0 Å². The number of ether oxygens (including phenoxy) is 1. The number of rotatable bonds is 7. The molecule has 0 spiro atoms. The van der Waals surface area contributed by atoms with Crippen molar-refractivity contribution in [2.75, 3.05) is 19.0 Å². The second kappa shape index (κ2) is 8.37. The summed E-state index contributed by atoms with van der Waals surface area (Å²) in [6.07, 6.45) is 0.374. The van der Waals surface area contributed by atoms with Gasteiger partial charge in [0, 0.05) is 24.2 Å². The van der Waals surface area contributed by atoms with Gasteiger partial charge in [0.15, 0.2) is 11.5 Å². The zero-order chi connectivity index (χ0) is 20.1. The van der Waals surface area contributed by atoms with Gasteiger partial charge in [-0.15, -0.1) is 0 Å². The van der Waals surface area contributed by atoms with E-state index in [1.54, 1.807) is 0 Å². The maximum absolute atomic E-state index is 12.2. The first-order valence-electron chi connectivity index (χ1n) is 7.61. The molecular weight excluding hydrogens is 380 g/mol. The normalized spacial score (nSPS) is 10.3. The Morgan fingerprint density at radius 2 is 1.85 bits per heavy atom. The van der Waals surface area contributed by atoms with E-state index < -0.39 is 11.7 Å². The van der Waals surface area contributed by atoms with Crippen LogP contribution in [0.15, 0.2) is 18.2 Å². The van der Waals surface area contributed by atoms with Crippen LogP contribution >= 0.6 is 11.6 Å². The zero-order valence-electron chi connectivity index (χ0n) is 14.1. The van der Waals surface area contributed by atoms with Gasteiger partial charge in [-0.25, -0.2) is 0 Å². The van der Waals surface area contributed by atoms with E-state index in [-0.39, 0.29) is 57.8 Å². The summed E-state index contributed by atoms with van der Waals surface area (Å²) in [6, 6.07) is 3.18. The molecule has 144 valence electrons. The van der Waals surface area contributed by atoms with Crippen LogP contribution in [0.2, 0.25) is 5.02 Å². The molecule has 0 aliphatic carbocycles. The quantitative estimate of drug-likeness (QED) is 0.237. The van der Waals surface area contributed by atoms with E-state index in [9.17, 15) is 30.0 Å². The van der Waals surface area contributed by atoms with E-state index in [0.717, 1.165) is 18.2 Å². The molecule has 0 atom stereocenters. The summed E-state index contributed by atoms with van der Waals surface area (Å²) in [4.78, 5) is 22.8. The van der Waals surface area contributed by atoms with Gasteiger partial charge in [0.25, 0.3) is 5.91 Å². The number of nitrogens with one attached hydrogen (secondary N) is 2. The molecule has 0 aromatic heterocycles. The van der Waals surface area contributed by atoms with Gasteiger partial charge in [-0.1, -0.05) is 11.6 Å². The Bertz CT molecular complexity index is 886. The molecule has 0 radical (unpaired) electrons. The average Bonchev–Trinajstić information content (AvgIpc) is 2.62. The Kier molecular flexibility index (Phi) is 6.19. The Morgan fingerprint density at radius 3 is 2.48 bits per heavy atom. The van der Waals surface area contributed by atoms with Gasteiger partial charge in [-0.2, -0.15) is 0 Å². The molecule has 0 saturated carbocycles. The van der Waals surface area contributed by atoms with Crippen molar-refractivity contribution in [2.24, 2.45) is 0 Å². The molecular formula is C17H17ClN2O7. The van der Waals surface area contributed by atoms with Crippen LogP contribution in [0.4, 0.5) is 5.69 Å². The smallest absolute Gasteiger partial charge is 0.255 e. The summed E-state index contributed by atoms with van der Waals surface area (Å²) >= 11 is 5.73. The second-order valence-electron chi connectivity index (χ2n) is 5.39. The van der Waals surface area contributed by atoms with Crippen molar-refractivity contribution in [3.05, 3.63) is 34.3 Å². The number of aromatic hydroxyl groups is 4. The Balaban J connectivity index is 2.18. The van der Waals surface area contributed by atoms with E-state index in [4.69, 9.17) is 16.3 Å². The van der Waals surface area contributed by atoms with E-state index in [0.29, 0.717) is 6.41 Å². The molecule has 2 amide bonds. The molecule has 2 aromatic rings. The van der Waals surface area contributed by atoms with Crippen LogP contribution in [0, 0.1) is 0 Å². The predicted octanol–water partition coefficient (Wildman–Crippen LogP) is 1.71. The van der Waals surface area contributed by atoms with Crippen LogP contribution in [-0.2, 0) is 11.2 Å². The second-order valence-corrected chi connectivity index (χ2v) is 5.80. The van der Waals surface area contributed by atoms with Crippen LogP contribution in [0.5, 0.6) is 28.7 Å². The number of methoxy groups -OCH3 is 1. The lowest BCUT2D eigenvalue weighted by Gasteiger charge is -2.15. The molecule has 0 heterocycles. The molecule has 10 heteroatoms. The molecule has 0 fully saturated rings. The molecule has 2 aromatic carbocycles. The van der Waals surface area contributed by atoms with Crippen molar-refractivity contribution in [3.8, 4) is 28.7 Å². The minimum atomic E-state index is -0.667. The van der Waals surface area contributed by atoms with E-state index in [2.05, 4.69) is 10.6 Å². The van der Waals surface area contributed by atoms with Crippen LogP contribution in [0.3, 0.4) is 0 Å². The highest BCUT2D eigenvalue weighted by atomic mass is 35.5. The fourth-order valence-corrected chi connectivity index (χ4v) is 2.62. The first-order chi connectivity index (χ1) is 12.8. The Hall–Kier alpha value is -3.33. The lowest BCUT2D eigenvalue weighted by Crippen LogP contribution is -2.26. The Labute approximate surface area is 158 Å². The van der Waals surface area contributed by atoms with Gasteiger partial charge >= 0.3 is 0 Å². The third-order valence-electron chi connectivity index (χ3n) is 3.72. The van der Waals surface area contributed by atoms with Crippen molar-refractivity contribution < 1.29 is 34.8 Å². The number of carbonyl (C=O) groups excluding carboxylic acids is 2. The Morgan fingerprint density at radius 1 is 1.15 bits per heavy atom. The van der Waals surface area contributed by atoms with Gasteiger partial charge in [-0.3, -0.25) is 9.59 Å². The lowest BCUT2D eigenvalue weighted by atomic mass is 10.1. The third kappa shape index (κ3) is 4.26. The minimum absolute atomic E-state index is 0.00581. The zero-order valence-corrected chi connectivity index (χ0v) is 14.9. The first kappa shape index (κ1) is 20.0. The average molecular weight is 397 g/mol. The first-order valence-corrected chi connectivity index (χ1v) is 7.99. The molecule has 0 unspecified atom stereocenters. The summed E-state index contributed by atoms with van der Waals surface area (Å²) in [5, 5.41) is 44.0. The number of halogens is 1. The number of phenols is 4. The van der Waals surface area contributed by atoms with Crippen LogP contribution in [-0.4, -0.2) is 46.4 Å². The monoisotopic (exact) mass is 396 g/mol. The summed E-state index contributed by atoms with van der Waals surface area (Å²) < 4.78 is 5.06. The number of carbonyl (C=O) groups is 2. The largest absolute Gasteiger partial charge is 0.507 e. The fraction of sp³-hybridized carbons (Fsp3) is 0.176. The molecule has 0 saturated heterocycles. The number of benzene rings is 2. The van der Waals surface area contributed by atoms with E-state index in [1.165, 1.54) is 7.11 Å². The number of hydrogen-bond donors (Lipinski definition) is 6. The maximum atomic E-state index is 12.2. The van der Waals surface area contributed by atoms with Crippen molar-refractivity contribution in [2.45, 2.75) is 6.42 Å². The number of amides is 2. The van der Waals surface area contributed by atoms with Crippen molar-refractivity contribution >= 4 is 29.6 Å². The van der Waals surface area contributed by atoms with Crippen LogP contribution in [0.25, 0.3) is 0 Å². The summed E-state index contributed by atoms with van der Waals surface area (Å²) in [7, 11) is 1.29. The van der Waals surface area contributed by atoms with Crippen molar-refractivity contribution in [1.82, 2.24) is 5.32 Å².